The average Bonchev–Trinajstić information content (AvgIpc) is 3.16. The predicted molar refractivity (Wildman–Crippen MR) is 237 cm³/mol. The summed E-state index contributed by atoms with van der Waals surface area (Å²) in [5, 5.41) is 13.7. The van der Waals surface area contributed by atoms with Crippen molar-refractivity contribution in [3.8, 4) is 0 Å². The molecule has 0 heterocycles. The summed E-state index contributed by atoms with van der Waals surface area (Å²) in [6.07, 6.45) is 31.9. The van der Waals surface area contributed by atoms with E-state index in [1.165, 1.54) is 147 Å². The molecule has 2 atom stereocenters. The van der Waals surface area contributed by atoms with E-state index in [1.54, 1.807) is 12.1 Å². The molecule has 1 rings (SSSR count). The number of rotatable bonds is 38. The number of unbranched alkanes of at least 4 members (excludes halogenated alkanes) is 22. The number of carbonyl (C=O) groups excluding carboxylic acids is 1. The van der Waals surface area contributed by atoms with Crippen LogP contribution < -0.4 is 21.1 Å². The first kappa shape index (κ1) is 54.1. The van der Waals surface area contributed by atoms with Crippen LogP contribution in [0, 0.1) is 12.3 Å². The maximum absolute atomic E-state index is 12.8. The van der Waals surface area contributed by atoms with Gasteiger partial charge in [-0.15, -0.1) is 12.4 Å². The highest BCUT2D eigenvalue weighted by molar-refractivity contribution is 7.90. The van der Waals surface area contributed by atoms with E-state index in [0.717, 1.165) is 24.8 Å². The van der Waals surface area contributed by atoms with Gasteiger partial charge in [0.1, 0.15) is 0 Å². The topological polar surface area (TPSA) is 156 Å². The molecule has 0 aliphatic carbocycles. The lowest BCUT2D eigenvalue weighted by atomic mass is 10.1. The van der Waals surface area contributed by atoms with Gasteiger partial charge in [-0.1, -0.05) is 173 Å². The zero-order valence-electron chi connectivity index (χ0n) is 35.8. The molecule has 0 radical (unpaired) electrons. The van der Waals surface area contributed by atoms with Gasteiger partial charge in [0.15, 0.2) is 0 Å². The molecule has 0 aliphatic rings. The molecule has 56 heavy (non-hydrogen) atoms. The van der Waals surface area contributed by atoms with Crippen LogP contribution in [0.15, 0.2) is 29.2 Å². The quantitative estimate of drug-likeness (QED) is 0.0252. The highest BCUT2D eigenvalue weighted by atomic mass is 35.5. The third-order valence-corrected chi connectivity index (χ3v) is 11.6. The van der Waals surface area contributed by atoms with Crippen LogP contribution in [-0.4, -0.2) is 65.3 Å². The van der Waals surface area contributed by atoms with Crippen LogP contribution in [0.4, 0.5) is 0 Å². The zero-order chi connectivity index (χ0) is 40.2. The SMILES string of the molecule is CCCCCCCCCCCCCCOCC(CNC(=O)[C@@H](N)CCCNC(=N)NS(=O)(=O)c1ccc(C)cc1)OCCCCCCCCCCCCCC.Cl. The van der Waals surface area contributed by atoms with Gasteiger partial charge in [0.05, 0.1) is 23.6 Å². The standard InChI is InChI=1S/C44H83N5O5S.ClH/c1-4-6-8-10-12-14-16-18-20-22-24-26-35-53-38-40(54-36-27-25-23-21-19-17-15-13-11-9-7-5-2)37-48-43(50)42(45)29-28-34-47-44(46)49-55(51,52)41-32-30-39(3)31-33-41;/h30-33,40,42H,4-29,34-38,45H2,1-3H3,(H,48,50)(H3,46,47,49);1H/t40?,42-;/m0./s1. The Morgan fingerprint density at radius 2 is 1.12 bits per heavy atom. The molecule has 1 aromatic rings. The number of hydrogen-bond donors (Lipinski definition) is 5. The molecule has 0 saturated carbocycles. The Hall–Kier alpha value is -1.92. The molecule has 1 unspecified atom stereocenters. The molecule has 12 heteroatoms. The van der Waals surface area contributed by atoms with Gasteiger partial charge in [-0.2, -0.15) is 0 Å². The molecule has 10 nitrogen and oxygen atoms in total. The lowest BCUT2D eigenvalue weighted by Gasteiger charge is -2.20. The van der Waals surface area contributed by atoms with Crippen LogP contribution in [0.25, 0.3) is 0 Å². The molecule has 1 amide bonds. The first-order valence-corrected chi connectivity index (χ1v) is 23.8. The fourth-order valence-corrected chi connectivity index (χ4v) is 7.53. The summed E-state index contributed by atoms with van der Waals surface area (Å²) in [5.74, 6) is -0.578. The lowest BCUT2D eigenvalue weighted by Crippen LogP contribution is -2.45. The molecule has 0 saturated heterocycles. The van der Waals surface area contributed by atoms with E-state index >= 15 is 0 Å². The van der Waals surface area contributed by atoms with Crippen molar-refractivity contribution in [1.82, 2.24) is 15.4 Å². The summed E-state index contributed by atoms with van der Waals surface area (Å²) in [4.78, 5) is 12.9. The second-order valence-electron chi connectivity index (χ2n) is 15.6. The van der Waals surface area contributed by atoms with Crippen molar-refractivity contribution in [2.24, 2.45) is 5.73 Å². The molecular weight excluding hydrogens is 746 g/mol. The first-order chi connectivity index (χ1) is 26.7. The van der Waals surface area contributed by atoms with Crippen LogP contribution in [0.5, 0.6) is 0 Å². The molecule has 1 aromatic carbocycles. The molecule has 328 valence electrons. The van der Waals surface area contributed by atoms with Gasteiger partial charge < -0.3 is 25.8 Å². The van der Waals surface area contributed by atoms with Gasteiger partial charge in [0, 0.05) is 26.3 Å². The van der Waals surface area contributed by atoms with Crippen LogP contribution >= 0.6 is 12.4 Å². The number of amides is 1. The number of benzene rings is 1. The summed E-state index contributed by atoms with van der Waals surface area (Å²) < 4.78 is 39.5. The van der Waals surface area contributed by atoms with Crippen molar-refractivity contribution < 1.29 is 22.7 Å². The molecule has 0 aromatic heterocycles. The van der Waals surface area contributed by atoms with Crippen molar-refractivity contribution in [3.63, 3.8) is 0 Å². The van der Waals surface area contributed by atoms with Gasteiger partial charge in [0.25, 0.3) is 10.0 Å². The number of guanidine groups is 1. The molecule has 6 N–H and O–H groups in total. The third-order valence-electron chi connectivity index (χ3n) is 10.2. The van der Waals surface area contributed by atoms with E-state index in [-0.39, 0.29) is 35.3 Å². The monoisotopic (exact) mass is 830 g/mol. The van der Waals surface area contributed by atoms with Crippen LogP contribution in [0.1, 0.15) is 186 Å². The predicted octanol–water partition coefficient (Wildman–Crippen LogP) is 10.2. The fourth-order valence-electron chi connectivity index (χ4n) is 6.58. The largest absolute Gasteiger partial charge is 0.379 e. The number of carbonyl (C=O) groups is 1. The Labute approximate surface area is 349 Å². The third kappa shape index (κ3) is 31.1. The number of aryl methyl sites for hydroxylation is 1. The summed E-state index contributed by atoms with van der Waals surface area (Å²) >= 11 is 0. The number of sulfonamides is 1. The maximum Gasteiger partial charge on any atom is 0.264 e. The molecule has 0 fully saturated rings. The minimum atomic E-state index is -3.85. The highest BCUT2D eigenvalue weighted by Gasteiger charge is 2.18. The second-order valence-corrected chi connectivity index (χ2v) is 17.2. The van der Waals surface area contributed by atoms with Crippen molar-refractivity contribution >= 4 is 34.3 Å². The van der Waals surface area contributed by atoms with Gasteiger partial charge in [-0.25, -0.2) is 13.1 Å². The van der Waals surface area contributed by atoms with Crippen molar-refractivity contribution in [2.45, 2.75) is 205 Å². The molecule has 0 bridgehead atoms. The van der Waals surface area contributed by atoms with Gasteiger partial charge in [0.2, 0.25) is 11.9 Å². The Morgan fingerprint density at radius 1 is 0.679 bits per heavy atom. The Balaban J connectivity index is 0.0000302. The van der Waals surface area contributed by atoms with Gasteiger partial charge >= 0.3 is 0 Å². The van der Waals surface area contributed by atoms with Gasteiger partial charge in [-0.3, -0.25) is 10.2 Å². The first-order valence-electron chi connectivity index (χ1n) is 22.3. The highest BCUT2D eigenvalue weighted by Crippen LogP contribution is 2.14. The normalized spacial score (nSPS) is 12.5. The summed E-state index contributed by atoms with van der Waals surface area (Å²) in [6, 6.07) is 5.70. The van der Waals surface area contributed by atoms with E-state index in [9.17, 15) is 13.2 Å². The van der Waals surface area contributed by atoms with Crippen molar-refractivity contribution in [2.75, 3.05) is 32.9 Å². The molecular formula is C44H84ClN5O5S. The smallest absolute Gasteiger partial charge is 0.264 e. The lowest BCUT2D eigenvalue weighted by molar-refractivity contribution is -0.123. The minimum absolute atomic E-state index is 0. The summed E-state index contributed by atoms with van der Waals surface area (Å²) in [7, 11) is -3.85. The van der Waals surface area contributed by atoms with Crippen molar-refractivity contribution in [3.05, 3.63) is 29.8 Å². The number of hydrogen-bond acceptors (Lipinski definition) is 7. The van der Waals surface area contributed by atoms with Crippen LogP contribution in [0.3, 0.4) is 0 Å². The number of halogens is 1. The average molecular weight is 831 g/mol. The Bertz CT molecular complexity index is 1170. The van der Waals surface area contributed by atoms with E-state index in [1.807, 2.05) is 6.92 Å². The van der Waals surface area contributed by atoms with E-state index in [4.69, 9.17) is 20.6 Å². The summed E-state index contributed by atoms with van der Waals surface area (Å²) in [5.41, 5.74) is 7.14. The van der Waals surface area contributed by atoms with Crippen LogP contribution in [-0.2, 0) is 24.3 Å². The number of nitrogens with two attached hydrogens (primary N) is 1. The Kier molecular flexibility index (Phi) is 36.1. The second kappa shape index (κ2) is 37.4. The van der Waals surface area contributed by atoms with Crippen molar-refractivity contribution in [1.29, 1.82) is 5.41 Å². The summed E-state index contributed by atoms with van der Waals surface area (Å²) in [6.45, 7) is 8.84. The Morgan fingerprint density at radius 3 is 1.61 bits per heavy atom. The molecule has 0 aliphatic heterocycles. The van der Waals surface area contributed by atoms with Gasteiger partial charge in [-0.05, 0) is 44.7 Å². The van der Waals surface area contributed by atoms with Crippen LogP contribution in [0.2, 0.25) is 0 Å². The number of ether oxygens (including phenoxy) is 2. The van der Waals surface area contributed by atoms with E-state index in [2.05, 4.69) is 29.2 Å². The van der Waals surface area contributed by atoms with E-state index in [0.29, 0.717) is 45.8 Å². The van der Waals surface area contributed by atoms with E-state index < -0.39 is 16.1 Å². The molecule has 0 spiro atoms. The number of nitrogens with one attached hydrogen (secondary N) is 4. The zero-order valence-corrected chi connectivity index (χ0v) is 37.5. The minimum Gasteiger partial charge on any atom is -0.379 e. The maximum atomic E-state index is 12.8. The fraction of sp³-hybridized carbons (Fsp3) is 0.818.